The van der Waals surface area contributed by atoms with Crippen molar-refractivity contribution in [2.45, 2.75) is 119 Å². The molecule has 2 saturated heterocycles. The molecule has 18 heteroatoms. The smallest absolute Gasteiger partial charge is 0.423 e. The maximum absolute atomic E-state index is 14.5. The molecular weight excluding hydrogens is 775 g/mol. The number of alkyl halides is 3. The van der Waals surface area contributed by atoms with E-state index in [1.807, 2.05) is 6.92 Å². The number of nitrogens with one attached hydrogen (secondary N) is 3. The number of nitrogens with zero attached hydrogens (tertiary/aromatic N) is 2. The van der Waals surface area contributed by atoms with Gasteiger partial charge in [0.1, 0.15) is 29.5 Å². The lowest BCUT2D eigenvalue weighted by atomic mass is 9.94. The number of hydrogen-bond donors (Lipinski definition) is 4. The molecule has 13 nitrogen and oxygen atoms in total. The molecule has 7 atom stereocenters. The fraction of sp³-hybridized carbons (Fsp3) is 0.564. The number of sulfonamides is 1. The summed E-state index contributed by atoms with van der Waals surface area (Å²) < 4.78 is 88.3. The van der Waals surface area contributed by atoms with Gasteiger partial charge in [0, 0.05) is 23.3 Å². The number of hydrogen-bond acceptors (Lipinski definition) is 9. The average molecular weight is 820 g/mol. The Bertz CT molecular complexity index is 2220. The molecule has 4 amide bonds. The lowest BCUT2D eigenvalue weighted by Crippen LogP contribution is -2.59. The van der Waals surface area contributed by atoms with Crippen LogP contribution in [0.3, 0.4) is 0 Å². The van der Waals surface area contributed by atoms with Crippen molar-refractivity contribution in [1.29, 1.82) is 0 Å². The normalized spacial score (nSPS) is 28.6. The standard InChI is InChI=1S/C39H45F4N5O8S/c1-21-9-5-3-4-6-12-28(44-33(51)31(49)39(41,42)43)35(52)48-20-23(56-34-26-11-8-7-10-24(26)25-14-13-22(40)17-29(25)45-34)18-30(48)32(50)46-38(19-27(21)38)36(53)47-57(54,55)37(2)15-16-37/h7-8,10-11,13-14,17,21,23,27-28,30-31,49H,3-6,9,12,15-16,18-20H2,1-2H3,(H,44,51)(H,46,50)(H,47,53)/t21?,23-,27+,28+,30+,31-,38-/m1/s1. The van der Waals surface area contributed by atoms with Crippen LogP contribution in [-0.4, -0.2) is 94.3 Å². The fourth-order valence-corrected chi connectivity index (χ4v) is 9.58. The SMILES string of the molecule is CC1CCCCCC[C@H](NC(=O)[C@@H](O)C(F)(F)F)C(=O)N2C[C@H](Oc3nc4cc(F)ccc4c4ccccc34)C[C@H]2C(=O)N[C@]2(C(=O)NS(=O)(=O)C3(C)CC3)C[C@@H]12. The van der Waals surface area contributed by atoms with E-state index in [2.05, 4.69) is 20.3 Å². The lowest BCUT2D eigenvalue weighted by molar-refractivity contribution is -0.205. The zero-order valence-corrected chi connectivity index (χ0v) is 32.2. The van der Waals surface area contributed by atoms with Crippen LogP contribution in [0.5, 0.6) is 5.88 Å². The van der Waals surface area contributed by atoms with Gasteiger partial charge in [0.2, 0.25) is 33.8 Å². The van der Waals surface area contributed by atoms with Crippen molar-refractivity contribution in [1.82, 2.24) is 25.2 Å². The predicted octanol–water partition coefficient (Wildman–Crippen LogP) is 4.15. The van der Waals surface area contributed by atoms with Gasteiger partial charge < -0.3 is 25.4 Å². The van der Waals surface area contributed by atoms with Crippen LogP contribution >= 0.6 is 0 Å². The van der Waals surface area contributed by atoms with Crippen LogP contribution in [0.4, 0.5) is 17.6 Å². The maximum atomic E-state index is 14.5. The summed E-state index contributed by atoms with van der Waals surface area (Å²) in [5.74, 6) is -5.50. The zero-order chi connectivity index (χ0) is 41.1. The predicted molar refractivity (Wildman–Crippen MR) is 198 cm³/mol. The average Bonchev–Trinajstić information content (AvgIpc) is 4.05. The molecule has 2 aromatic carbocycles. The van der Waals surface area contributed by atoms with E-state index in [9.17, 15) is 50.3 Å². The summed E-state index contributed by atoms with van der Waals surface area (Å²) in [6.45, 7) is 3.13. The topological polar surface area (TPSA) is 184 Å². The molecule has 1 unspecified atom stereocenters. The third-order valence-corrected chi connectivity index (χ3v) is 14.3. The van der Waals surface area contributed by atoms with Gasteiger partial charge in [-0.2, -0.15) is 13.2 Å². The molecule has 4 aliphatic rings. The van der Waals surface area contributed by atoms with Gasteiger partial charge in [0.05, 0.1) is 16.8 Å². The fourth-order valence-electron chi connectivity index (χ4n) is 8.27. The number of carbonyl (C=O) groups is 4. The lowest BCUT2D eigenvalue weighted by Gasteiger charge is -2.30. The van der Waals surface area contributed by atoms with Gasteiger partial charge in [-0.1, -0.05) is 57.2 Å². The molecule has 308 valence electrons. The second-order valence-corrected chi connectivity index (χ2v) is 18.4. The Kier molecular flexibility index (Phi) is 10.7. The number of halogens is 4. The van der Waals surface area contributed by atoms with E-state index >= 15 is 0 Å². The first kappa shape index (κ1) is 40.6. The van der Waals surface area contributed by atoms with Crippen LogP contribution in [0.2, 0.25) is 0 Å². The number of ether oxygens (including phenoxy) is 1. The van der Waals surface area contributed by atoms with Gasteiger partial charge in [0.25, 0.3) is 11.8 Å². The Morgan fingerprint density at radius 2 is 1.72 bits per heavy atom. The molecule has 0 bridgehead atoms. The number of aliphatic hydroxyl groups is 1. The van der Waals surface area contributed by atoms with Crippen molar-refractivity contribution in [3.05, 3.63) is 48.3 Å². The quantitative estimate of drug-likeness (QED) is 0.201. The van der Waals surface area contributed by atoms with E-state index in [-0.39, 0.29) is 43.1 Å². The first-order valence-electron chi connectivity index (χ1n) is 19.2. The number of pyridine rings is 1. The van der Waals surface area contributed by atoms with Crippen LogP contribution in [0.25, 0.3) is 21.7 Å². The molecule has 3 heterocycles. The molecule has 2 aliphatic heterocycles. The number of aliphatic hydroxyl groups excluding tert-OH is 1. The summed E-state index contributed by atoms with van der Waals surface area (Å²) in [5.41, 5.74) is -1.36. The van der Waals surface area contributed by atoms with Crippen LogP contribution < -0.4 is 20.1 Å². The van der Waals surface area contributed by atoms with Gasteiger partial charge in [-0.25, -0.2) is 17.8 Å². The molecule has 0 spiro atoms. The Labute approximate surface area is 326 Å². The Morgan fingerprint density at radius 3 is 2.40 bits per heavy atom. The summed E-state index contributed by atoms with van der Waals surface area (Å²) in [7, 11) is -4.10. The second-order valence-electron chi connectivity index (χ2n) is 16.2. The van der Waals surface area contributed by atoms with Gasteiger partial charge in [-0.15, -0.1) is 0 Å². The van der Waals surface area contributed by atoms with E-state index in [1.165, 1.54) is 19.1 Å². The highest BCUT2D eigenvalue weighted by Crippen LogP contribution is 2.51. The van der Waals surface area contributed by atoms with Crippen molar-refractivity contribution >= 4 is 55.3 Å². The van der Waals surface area contributed by atoms with Crippen molar-refractivity contribution in [2.24, 2.45) is 11.8 Å². The Morgan fingerprint density at radius 1 is 1.04 bits per heavy atom. The van der Waals surface area contributed by atoms with Gasteiger partial charge in [-0.05, 0) is 68.0 Å². The highest BCUT2D eigenvalue weighted by atomic mass is 32.2. The summed E-state index contributed by atoms with van der Waals surface area (Å²) in [5, 5.41) is 16.4. The molecular formula is C39H45F4N5O8S. The molecule has 2 aliphatic carbocycles. The van der Waals surface area contributed by atoms with E-state index in [4.69, 9.17) is 4.74 Å². The minimum atomic E-state index is -5.31. The third kappa shape index (κ3) is 7.98. The molecule has 2 saturated carbocycles. The number of carbonyl (C=O) groups excluding carboxylic acids is 4. The van der Waals surface area contributed by atoms with Gasteiger partial charge in [0.15, 0.2) is 0 Å². The van der Waals surface area contributed by atoms with E-state index in [1.54, 1.807) is 30.3 Å². The zero-order valence-electron chi connectivity index (χ0n) is 31.4. The highest BCUT2D eigenvalue weighted by molar-refractivity contribution is 7.91. The molecule has 4 fully saturated rings. The molecule has 3 aromatic rings. The first-order chi connectivity index (χ1) is 26.8. The molecule has 7 rings (SSSR count). The molecule has 1 aromatic heterocycles. The monoisotopic (exact) mass is 819 g/mol. The van der Waals surface area contributed by atoms with Gasteiger partial charge in [-0.3, -0.25) is 23.9 Å². The minimum Gasteiger partial charge on any atom is -0.472 e. The summed E-state index contributed by atoms with van der Waals surface area (Å²) in [6, 6.07) is 8.18. The third-order valence-electron chi connectivity index (χ3n) is 12.1. The minimum absolute atomic E-state index is 0.0631. The summed E-state index contributed by atoms with van der Waals surface area (Å²) >= 11 is 0. The van der Waals surface area contributed by atoms with Crippen molar-refractivity contribution < 1.29 is 55.0 Å². The van der Waals surface area contributed by atoms with Crippen LogP contribution in [0, 0.1) is 17.7 Å². The van der Waals surface area contributed by atoms with Crippen LogP contribution in [-0.2, 0) is 29.2 Å². The van der Waals surface area contributed by atoms with Crippen LogP contribution in [0.1, 0.15) is 78.1 Å². The van der Waals surface area contributed by atoms with E-state index in [0.717, 1.165) is 4.90 Å². The van der Waals surface area contributed by atoms with E-state index < -0.39 is 86.1 Å². The number of rotatable bonds is 7. The van der Waals surface area contributed by atoms with Crippen molar-refractivity contribution in [3.8, 4) is 5.88 Å². The molecule has 4 N–H and O–H groups in total. The van der Waals surface area contributed by atoms with Crippen molar-refractivity contribution in [3.63, 3.8) is 0 Å². The largest absolute Gasteiger partial charge is 0.472 e. The van der Waals surface area contributed by atoms with E-state index in [0.29, 0.717) is 61.1 Å². The molecule has 57 heavy (non-hydrogen) atoms. The summed E-state index contributed by atoms with van der Waals surface area (Å²) in [4.78, 5) is 61.1. The van der Waals surface area contributed by atoms with Crippen LogP contribution in [0.15, 0.2) is 42.5 Å². The number of benzene rings is 2. The first-order valence-corrected chi connectivity index (χ1v) is 20.7. The molecule has 0 radical (unpaired) electrons. The maximum Gasteiger partial charge on any atom is 0.423 e. The second kappa shape index (κ2) is 15.0. The summed E-state index contributed by atoms with van der Waals surface area (Å²) in [6.07, 6.45) is -6.33. The van der Waals surface area contributed by atoms with Gasteiger partial charge >= 0.3 is 6.18 Å². The van der Waals surface area contributed by atoms with Crippen molar-refractivity contribution in [2.75, 3.05) is 6.54 Å². The number of fused-ring (bicyclic) bond motifs is 5. The number of aromatic nitrogens is 1. The Balaban J connectivity index is 1.24. The number of amides is 4. The Hall–Kier alpha value is -4.58. The highest BCUT2D eigenvalue weighted by Gasteiger charge is 2.65.